The molecule has 1 amide bonds. The lowest BCUT2D eigenvalue weighted by Crippen LogP contribution is -2.50. The van der Waals surface area contributed by atoms with Gasteiger partial charge >= 0.3 is 0 Å². The van der Waals surface area contributed by atoms with Crippen LogP contribution in [0.5, 0.6) is 0 Å². The van der Waals surface area contributed by atoms with E-state index in [1.165, 1.54) is 11.1 Å². The molecular formula is C18H26N2O2. The number of hydrogen-bond acceptors (Lipinski definition) is 3. The van der Waals surface area contributed by atoms with E-state index in [0.29, 0.717) is 6.54 Å². The SMILES string of the molecule is CC(C(=O)NCC1(O)CCCC1)N1CCc2ccccc2C1. The van der Waals surface area contributed by atoms with E-state index in [0.717, 1.165) is 45.2 Å². The Kier molecular flexibility index (Phi) is 4.50. The zero-order valence-corrected chi connectivity index (χ0v) is 13.3. The van der Waals surface area contributed by atoms with E-state index in [1.807, 2.05) is 6.92 Å². The molecule has 0 saturated heterocycles. The predicted octanol–water partition coefficient (Wildman–Crippen LogP) is 1.85. The van der Waals surface area contributed by atoms with Crippen molar-refractivity contribution < 1.29 is 9.90 Å². The minimum absolute atomic E-state index is 0.0275. The summed E-state index contributed by atoms with van der Waals surface area (Å²) >= 11 is 0. The number of fused-ring (bicyclic) bond motifs is 1. The molecule has 2 N–H and O–H groups in total. The predicted molar refractivity (Wildman–Crippen MR) is 86.4 cm³/mol. The number of nitrogens with one attached hydrogen (secondary N) is 1. The van der Waals surface area contributed by atoms with E-state index in [4.69, 9.17) is 0 Å². The molecular weight excluding hydrogens is 276 g/mol. The minimum Gasteiger partial charge on any atom is -0.388 e. The number of amides is 1. The summed E-state index contributed by atoms with van der Waals surface area (Å²) in [6.45, 7) is 4.09. The van der Waals surface area contributed by atoms with Crippen LogP contribution in [0.25, 0.3) is 0 Å². The Bertz CT molecular complexity index is 538. The van der Waals surface area contributed by atoms with E-state index in [-0.39, 0.29) is 11.9 Å². The third-order valence-electron chi connectivity index (χ3n) is 5.21. The van der Waals surface area contributed by atoms with Crippen molar-refractivity contribution in [2.75, 3.05) is 13.1 Å². The average molecular weight is 302 g/mol. The molecule has 2 aliphatic rings. The fraction of sp³-hybridized carbons (Fsp3) is 0.611. The van der Waals surface area contributed by atoms with Gasteiger partial charge < -0.3 is 10.4 Å². The number of hydrogen-bond donors (Lipinski definition) is 2. The normalized spacial score (nSPS) is 22.1. The Labute approximate surface area is 132 Å². The first-order valence-corrected chi connectivity index (χ1v) is 8.38. The maximum absolute atomic E-state index is 12.4. The molecule has 0 bridgehead atoms. The van der Waals surface area contributed by atoms with Crippen LogP contribution in [-0.4, -0.2) is 40.6 Å². The number of rotatable bonds is 4. The molecule has 0 spiro atoms. The monoisotopic (exact) mass is 302 g/mol. The standard InChI is InChI=1S/C18H26N2O2/c1-14(17(21)19-13-18(22)9-4-5-10-18)20-11-8-15-6-2-3-7-16(15)12-20/h2-3,6-7,14,22H,4-5,8-13H2,1H3,(H,19,21). The highest BCUT2D eigenvalue weighted by Crippen LogP contribution is 2.28. The van der Waals surface area contributed by atoms with Crippen LogP contribution >= 0.6 is 0 Å². The summed E-state index contributed by atoms with van der Waals surface area (Å²) in [7, 11) is 0. The zero-order chi connectivity index (χ0) is 15.6. The summed E-state index contributed by atoms with van der Waals surface area (Å²) in [6.07, 6.45) is 4.73. The van der Waals surface area contributed by atoms with Crippen molar-refractivity contribution in [1.82, 2.24) is 10.2 Å². The smallest absolute Gasteiger partial charge is 0.237 e. The van der Waals surface area contributed by atoms with E-state index >= 15 is 0 Å². The summed E-state index contributed by atoms with van der Waals surface area (Å²) in [5.74, 6) is 0.0275. The van der Waals surface area contributed by atoms with Gasteiger partial charge in [-0.2, -0.15) is 0 Å². The lowest BCUT2D eigenvalue weighted by molar-refractivity contribution is -0.127. The van der Waals surface area contributed by atoms with Crippen LogP contribution in [0.4, 0.5) is 0 Å². The van der Waals surface area contributed by atoms with Crippen LogP contribution in [-0.2, 0) is 17.8 Å². The summed E-state index contributed by atoms with van der Waals surface area (Å²) in [5, 5.41) is 13.3. The Hall–Kier alpha value is -1.39. The first-order valence-electron chi connectivity index (χ1n) is 8.38. The molecule has 1 atom stereocenters. The summed E-state index contributed by atoms with van der Waals surface area (Å²) in [6, 6.07) is 8.30. The molecule has 1 unspecified atom stereocenters. The molecule has 1 aromatic rings. The molecule has 1 aromatic carbocycles. The molecule has 4 nitrogen and oxygen atoms in total. The van der Waals surface area contributed by atoms with Crippen LogP contribution < -0.4 is 5.32 Å². The van der Waals surface area contributed by atoms with E-state index in [9.17, 15) is 9.90 Å². The Balaban J connectivity index is 1.55. The molecule has 3 rings (SSSR count). The third kappa shape index (κ3) is 3.33. The average Bonchev–Trinajstić information content (AvgIpc) is 2.98. The summed E-state index contributed by atoms with van der Waals surface area (Å²) < 4.78 is 0. The second kappa shape index (κ2) is 6.39. The van der Waals surface area contributed by atoms with Gasteiger partial charge in [-0.3, -0.25) is 9.69 Å². The zero-order valence-electron chi connectivity index (χ0n) is 13.3. The topological polar surface area (TPSA) is 52.6 Å². The summed E-state index contributed by atoms with van der Waals surface area (Å²) in [4.78, 5) is 14.6. The van der Waals surface area contributed by atoms with Gasteiger partial charge in [-0.1, -0.05) is 37.1 Å². The van der Waals surface area contributed by atoms with Crippen LogP contribution in [0.1, 0.15) is 43.7 Å². The van der Waals surface area contributed by atoms with Crippen molar-refractivity contribution >= 4 is 5.91 Å². The highest BCUT2D eigenvalue weighted by atomic mass is 16.3. The molecule has 0 aromatic heterocycles. The number of benzene rings is 1. The van der Waals surface area contributed by atoms with Crippen molar-refractivity contribution in [3.05, 3.63) is 35.4 Å². The van der Waals surface area contributed by atoms with Gasteiger partial charge in [-0.05, 0) is 37.3 Å². The van der Waals surface area contributed by atoms with Crippen LogP contribution in [0.3, 0.4) is 0 Å². The molecule has 1 aliphatic heterocycles. The Morgan fingerprint density at radius 1 is 1.32 bits per heavy atom. The number of carbonyl (C=O) groups excluding carboxylic acids is 1. The van der Waals surface area contributed by atoms with Crippen LogP contribution in [0.15, 0.2) is 24.3 Å². The van der Waals surface area contributed by atoms with Crippen molar-refractivity contribution in [1.29, 1.82) is 0 Å². The van der Waals surface area contributed by atoms with E-state index in [2.05, 4.69) is 34.5 Å². The van der Waals surface area contributed by atoms with Gasteiger partial charge in [0.05, 0.1) is 11.6 Å². The maximum atomic E-state index is 12.4. The first-order chi connectivity index (χ1) is 10.6. The van der Waals surface area contributed by atoms with Crippen molar-refractivity contribution in [3.63, 3.8) is 0 Å². The van der Waals surface area contributed by atoms with Crippen LogP contribution in [0.2, 0.25) is 0 Å². The highest BCUT2D eigenvalue weighted by molar-refractivity contribution is 5.81. The first kappa shape index (κ1) is 15.5. The largest absolute Gasteiger partial charge is 0.388 e. The van der Waals surface area contributed by atoms with Gasteiger partial charge in [0.25, 0.3) is 0 Å². The van der Waals surface area contributed by atoms with Crippen molar-refractivity contribution in [2.45, 2.75) is 57.2 Å². The van der Waals surface area contributed by atoms with Gasteiger partial charge in [-0.25, -0.2) is 0 Å². The van der Waals surface area contributed by atoms with Crippen molar-refractivity contribution in [2.24, 2.45) is 0 Å². The maximum Gasteiger partial charge on any atom is 0.237 e. The highest BCUT2D eigenvalue weighted by Gasteiger charge is 2.32. The summed E-state index contributed by atoms with van der Waals surface area (Å²) in [5.41, 5.74) is 2.04. The molecule has 22 heavy (non-hydrogen) atoms. The van der Waals surface area contributed by atoms with Gasteiger partial charge in [0.1, 0.15) is 0 Å². The number of aliphatic hydroxyl groups is 1. The van der Waals surface area contributed by atoms with E-state index in [1.54, 1.807) is 0 Å². The lowest BCUT2D eigenvalue weighted by atomic mass is 9.98. The molecule has 1 saturated carbocycles. The quantitative estimate of drug-likeness (QED) is 0.892. The number of carbonyl (C=O) groups is 1. The van der Waals surface area contributed by atoms with E-state index < -0.39 is 5.60 Å². The van der Waals surface area contributed by atoms with Gasteiger partial charge in [0, 0.05) is 19.6 Å². The second-order valence-electron chi connectivity index (χ2n) is 6.81. The molecule has 1 heterocycles. The number of nitrogens with zero attached hydrogens (tertiary/aromatic N) is 1. The van der Waals surface area contributed by atoms with Gasteiger partial charge in [0.2, 0.25) is 5.91 Å². The third-order valence-corrected chi connectivity index (χ3v) is 5.21. The van der Waals surface area contributed by atoms with Crippen LogP contribution in [0, 0.1) is 0 Å². The van der Waals surface area contributed by atoms with Gasteiger partial charge in [-0.15, -0.1) is 0 Å². The molecule has 1 aliphatic carbocycles. The molecule has 1 fully saturated rings. The Morgan fingerprint density at radius 3 is 2.73 bits per heavy atom. The fourth-order valence-electron chi connectivity index (χ4n) is 3.62. The van der Waals surface area contributed by atoms with Gasteiger partial charge in [0.15, 0.2) is 0 Å². The molecule has 0 radical (unpaired) electrons. The van der Waals surface area contributed by atoms with Crippen molar-refractivity contribution in [3.8, 4) is 0 Å². The molecule has 4 heteroatoms. The minimum atomic E-state index is -0.677. The second-order valence-corrected chi connectivity index (χ2v) is 6.81. The lowest BCUT2D eigenvalue weighted by Gasteiger charge is -2.33. The molecule has 120 valence electrons. The Morgan fingerprint density at radius 2 is 2.00 bits per heavy atom. The fourth-order valence-corrected chi connectivity index (χ4v) is 3.62.